The van der Waals surface area contributed by atoms with E-state index in [0.717, 1.165) is 12.0 Å². The maximum absolute atomic E-state index is 13.5. The maximum Gasteiger partial charge on any atom is 0.259 e. The third-order valence-corrected chi connectivity index (χ3v) is 6.22. The van der Waals surface area contributed by atoms with Gasteiger partial charge in [0.25, 0.3) is 5.91 Å². The van der Waals surface area contributed by atoms with Crippen LogP contribution >= 0.6 is 0 Å². The molecule has 2 amide bonds. The molecule has 2 aromatic rings. The average Bonchev–Trinajstić information content (AvgIpc) is 2.86. The lowest BCUT2D eigenvalue weighted by Gasteiger charge is -2.37. The van der Waals surface area contributed by atoms with Crippen molar-refractivity contribution in [2.45, 2.75) is 52.7 Å². The lowest BCUT2D eigenvalue weighted by Crippen LogP contribution is -2.50. The van der Waals surface area contributed by atoms with Gasteiger partial charge in [-0.05, 0) is 30.5 Å². The minimum absolute atomic E-state index is 0.0542. The molecule has 3 rings (SSSR count). The number of hydrogen-bond donors (Lipinski definition) is 1. The van der Waals surface area contributed by atoms with Crippen LogP contribution in [0.25, 0.3) is 0 Å². The Balaban J connectivity index is 1.87. The van der Waals surface area contributed by atoms with Crippen LogP contribution < -0.4 is 4.74 Å². The fraction of sp³-hybridized carbons (Fsp3) is 0.500. The van der Waals surface area contributed by atoms with Gasteiger partial charge in [0.1, 0.15) is 11.7 Å². The second-order valence-corrected chi connectivity index (χ2v) is 9.91. The van der Waals surface area contributed by atoms with Gasteiger partial charge in [0.15, 0.2) is 0 Å². The van der Waals surface area contributed by atoms with Crippen LogP contribution in [0, 0.1) is 23.7 Å². The minimum Gasteiger partial charge on any atom is -0.472 e. The van der Waals surface area contributed by atoms with E-state index < -0.39 is 6.10 Å². The molecular formula is C28H36N4O4. The lowest BCUT2D eigenvalue weighted by molar-refractivity contribution is -0.130. The number of fused-ring (bicyclic) bond motifs is 1. The van der Waals surface area contributed by atoms with Gasteiger partial charge in [-0.15, -0.1) is 0 Å². The number of carbonyl (C=O) groups is 2. The standard InChI is InChI=1S/C28H36N4O4/c1-19(2)8-6-9-22-12-24-27(30-15-22)36-25(20(3)16-32(28(24)35)21(4)18-33)17-31(5)26(34)13-23-10-7-11-29-14-23/h7,10-12,14-15,19-21,25,33H,8,13,16-18H2,1-5H3/t20-,21-,25+/m1/s1. The monoisotopic (exact) mass is 492 g/mol. The van der Waals surface area contributed by atoms with E-state index in [-0.39, 0.29) is 42.7 Å². The van der Waals surface area contributed by atoms with Crippen molar-refractivity contribution in [1.82, 2.24) is 19.8 Å². The molecule has 0 fully saturated rings. The maximum atomic E-state index is 13.5. The number of pyridine rings is 2. The molecule has 8 nitrogen and oxygen atoms in total. The summed E-state index contributed by atoms with van der Waals surface area (Å²) in [6.07, 6.45) is 5.55. The predicted octanol–water partition coefficient (Wildman–Crippen LogP) is 2.80. The van der Waals surface area contributed by atoms with Crippen molar-refractivity contribution in [3.8, 4) is 17.7 Å². The number of rotatable bonds is 7. The van der Waals surface area contributed by atoms with Crippen molar-refractivity contribution in [3.63, 3.8) is 0 Å². The number of aromatic nitrogens is 2. The summed E-state index contributed by atoms with van der Waals surface area (Å²) in [6, 6.07) is 5.00. The van der Waals surface area contributed by atoms with E-state index in [1.165, 1.54) is 0 Å². The SMILES string of the molecule is CC(C)CC#Cc1cnc2c(c1)C(=O)N([C@H](C)CO)C[C@@H](C)[C@H](CN(C)C(=O)Cc1cccnc1)O2. The Morgan fingerprint density at radius 1 is 1.33 bits per heavy atom. The van der Waals surface area contributed by atoms with Crippen LogP contribution in [0.5, 0.6) is 5.88 Å². The Labute approximate surface area is 213 Å². The minimum atomic E-state index is -0.404. The summed E-state index contributed by atoms with van der Waals surface area (Å²) in [5.41, 5.74) is 1.79. The Kier molecular flexibility index (Phi) is 9.43. The lowest BCUT2D eigenvalue weighted by atomic mass is 9.99. The van der Waals surface area contributed by atoms with Crippen LogP contribution in [0.1, 0.15) is 55.6 Å². The molecular weight excluding hydrogens is 456 g/mol. The van der Waals surface area contributed by atoms with E-state index in [1.807, 2.05) is 19.9 Å². The molecule has 36 heavy (non-hydrogen) atoms. The molecule has 192 valence electrons. The summed E-state index contributed by atoms with van der Waals surface area (Å²) >= 11 is 0. The van der Waals surface area contributed by atoms with E-state index >= 15 is 0 Å². The number of likely N-dealkylation sites (N-methyl/N-ethyl adjacent to an activating group) is 1. The number of nitrogens with zero attached hydrogens (tertiary/aromatic N) is 4. The molecule has 2 aromatic heterocycles. The molecule has 0 saturated heterocycles. The number of aliphatic hydroxyl groups excluding tert-OH is 1. The van der Waals surface area contributed by atoms with Crippen LogP contribution in [-0.2, 0) is 11.2 Å². The van der Waals surface area contributed by atoms with Gasteiger partial charge in [-0.2, -0.15) is 0 Å². The van der Waals surface area contributed by atoms with Crippen LogP contribution in [0.15, 0.2) is 36.8 Å². The summed E-state index contributed by atoms with van der Waals surface area (Å²) < 4.78 is 6.27. The Morgan fingerprint density at radius 2 is 2.11 bits per heavy atom. The highest BCUT2D eigenvalue weighted by atomic mass is 16.5. The number of ether oxygens (including phenoxy) is 1. The number of carbonyl (C=O) groups excluding carboxylic acids is 2. The average molecular weight is 493 g/mol. The first-order chi connectivity index (χ1) is 17.2. The summed E-state index contributed by atoms with van der Waals surface area (Å²) in [6.45, 7) is 8.52. The molecule has 0 saturated carbocycles. The van der Waals surface area contributed by atoms with E-state index in [9.17, 15) is 14.7 Å². The van der Waals surface area contributed by atoms with Crippen molar-refractivity contribution in [1.29, 1.82) is 0 Å². The molecule has 8 heteroatoms. The highest BCUT2D eigenvalue weighted by Gasteiger charge is 2.34. The molecule has 3 heterocycles. The zero-order chi connectivity index (χ0) is 26.2. The van der Waals surface area contributed by atoms with Gasteiger partial charge in [-0.3, -0.25) is 14.6 Å². The molecule has 0 bridgehead atoms. The first-order valence-corrected chi connectivity index (χ1v) is 12.4. The third-order valence-electron chi connectivity index (χ3n) is 6.22. The van der Waals surface area contributed by atoms with Gasteiger partial charge >= 0.3 is 0 Å². The third kappa shape index (κ3) is 7.05. The van der Waals surface area contributed by atoms with Gasteiger partial charge in [-0.25, -0.2) is 4.98 Å². The second-order valence-electron chi connectivity index (χ2n) is 9.91. The quantitative estimate of drug-likeness (QED) is 0.597. The molecule has 0 spiro atoms. The molecule has 1 aliphatic rings. The summed E-state index contributed by atoms with van der Waals surface area (Å²) in [4.78, 5) is 38.2. The van der Waals surface area contributed by atoms with E-state index in [0.29, 0.717) is 30.1 Å². The topological polar surface area (TPSA) is 95.9 Å². The van der Waals surface area contributed by atoms with Crippen LogP contribution in [0.3, 0.4) is 0 Å². The van der Waals surface area contributed by atoms with Crippen molar-refractivity contribution in [2.24, 2.45) is 11.8 Å². The van der Waals surface area contributed by atoms with Crippen LogP contribution in [0.2, 0.25) is 0 Å². The second kappa shape index (κ2) is 12.5. The van der Waals surface area contributed by atoms with Crippen molar-refractivity contribution in [2.75, 3.05) is 26.7 Å². The molecule has 0 aromatic carbocycles. The smallest absolute Gasteiger partial charge is 0.259 e. The zero-order valence-electron chi connectivity index (χ0n) is 21.8. The van der Waals surface area contributed by atoms with Gasteiger partial charge in [0.2, 0.25) is 11.8 Å². The summed E-state index contributed by atoms with van der Waals surface area (Å²) in [5.74, 6) is 6.45. The molecule has 1 aliphatic heterocycles. The van der Waals surface area contributed by atoms with Crippen molar-refractivity contribution in [3.05, 3.63) is 53.5 Å². The van der Waals surface area contributed by atoms with Gasteiger partial charge in [0, 0.05) is 50.1 Å². The molecule has 3 atom stereocenters. The highest BCUT2D eigenvalue weighted by molar-refractivity contribution is 5.97. The molecule has 0 unspecified atom stereocenters. The fourth-order valence-corrected chi connectivity index (χ4v) is 3.93. The van der Waals surface area contributed by atoms with Crippen molar-refractivity contribution >= 4 is 11.8 Å². The van der Waals surface area contributed by atoms with Gasteiger partial charge < -0.3 is 19.6 Å². The van der Waals surface area contributed by atoms with Gasteiger partial charge in [-0.1, -0.05) is 38.7 Å². The summed E-state index contributed by atoms with van der Waals surface area (Å²) in [5, 5.41) is 9.83. The van der Waals surface area contributed by atoms with E-state index in [1.54, 1.807) is 47.6 Å². The molecule has 1 N–H and O–H groups in total. The Morgan fingerprint density at radius 3 is 2.78 bits per heavy atom. The normalized spacial score (nSPS) is 18.3. The highest BCUT2D eigenvalue weighted by Crippen LogP contribution is 2.27. The first-order valence-electron chi connectivity index (χ1n) is 12.4. The first kappa shape index (κ1) is 27.2. The Hall–Kier alpha value is -3.44. The van der Waals surface area contributed by atoms with Crippen LogP contribution in [-0.4, -0.2) is 75.6 Å². The number of amides is 2. The largest absolute Gasteiger partial charge is 0.472 e. The molecule has 0 radical (unpaired) electrons. The zero-order valence-corrected chi connectivity index (χ0v) is 21.8. The Bertz CT molecular complexity index is 1110. The summed E-state index contributed by atoms with van der Waals surface area (Å²) in [7, 11) is 1.74. The van der Waals surface area contributed by atoms with E-state index in [4.69, 9.17) is 4.74 Å². The number of aliphatic hydroxyl groups is 1. The van der Waals surface area contributed by atoms with E-state index in [2.05, 4.69) is 35.7 Å². The van der Waals surface area contributed by atoms with Gasteiger partial charge in [0.05, 0.1) is 25.6 Å². The van der Waals surface area contributed by atoms with Crippen molar-refractivity contribution < 1.29 is 19.4 Å². The fourth-order valence-electron chi connectivity index (χ4n) is 3.93. The molecule has 0 aliphatic carbocycles. The predicted molar refractivity (Wildman–Crippen MR) is 137 cm³/mol. The number of hydrogen-bond acceptors (Lipinski definition) is 6. The van der Waals surface area contributed by atoms with Crippen LogP contribution in [0.4, 0.5) is 0 Å².